The lowest BCUT2D eigenvalue weighted by atomic mass is 10.2. The van der Waals surface area contributed by atoms with Gasteiger partial charge in [-0.2, -0.15) is 0 Å². The summed E-state index contributed by atoms with van der Waals surface area (Å²) in [5, 5.41) is 7.12. The summed E-state index contributed by atoms with van der Waals surface area (Å²) in [6.07, 6.45) is 2.06. The van der Waals surface area contributed by atoms with Gasteiger partial charge in [0.1, 0.15) is 0 Å². The molecule has 0 radical (unpaired) electrons. The molecule has 0 aromatic carbocycles. The Morgan fingerprint density at radius 3 is 2.33 bits per heavy atom. The highest BCUT2D eigenvalue weighted by molar-refractivity contribution is 5.78. The highest BCUT2D eigenvalue weighted by atomic mass is 15.0. The van der Waals surface area contributed by atoms with Gasteiger partial charge in [-0.3, -0.25) is 0 Å². The second-order valence-electron chi connectivity index (χ2n) is 2.69. The van der Waals surface area contributed by atoms with Gasteiger partial charge in [-0.15, -0.1) is 0 Å². The van der Waals surface area contributed by atoms with Gasteiger partial charge < -0.3 is 10.3 Å². The first kappa shape index (κ1) is 8.63. The molecule has 0 unspecified atom stereocenters. The van der Waals surface area contributed by atoms with Crippen LogP contribution in [0.25, 0.3) is 0 Å². The molecule has 0 saturated heterocycles. The van der Waals surface area contributed by atoms with Crippen molar-refractivity contribution >= 4 is 5.71 Å². The smallest absolute Gasteiger partial charge is 0.00587 e. The third kappa shape index (κ3) is 7.63. The van der Waals surface area contributed by atoms with Gasteiger partial charge in [0.2, 0.25) is 0 Å². The topological polar surface area (TPSA) is 27.1 Å². The van der Waals surface area contributed by atoms with Gasteiger partial charge >= 0.3 is 0 Å². The molecule has 0 aliphatic rings. The standard InChI is InChI=1S/C7H16N2/c1-7(8)5-4-6-9(2)3/h8H,4-6H2,1-3H3. The van der Waals surface area contributed by atoms with Gasteiger partial charge in [-0.25, -0.2) is 0 Å². The minimum absolute atomic E-state index is 0.789. The van der Waals surface area contributed by atoms with E-state index in [0.29, 0.717) is 0 Å². The van der Waals surface area contributed by atoms with Crippen molar-refractivity contribution in [3.8, 4) is 0 Å². The summed E-state index contributed by atoms with van der Waals surface area (Å²) in [4.78, 5) is 2.14. The summed E-state index contributed by atoms with van der Waals surface area (Å²) in [6.45, 7) is 2.95. The lowest BCUT2D eigenvalue weighted by Gasteiger charge is -2.07. The Morgan fingerprint density at radius 2 is 2.00 bits per heavy atom. The van der Waals surface area contributed by atoms with Crippen molar-refractivity contribution < 1.29 is 0 Å². The Morgan fingerprint density at radius 1 is 1.44 bits per heavy atom. The molecule has 0 spiro atoms. The third-order valence-corrected chi connectivity index (χ3v) is 1.16. The Labute approximate surface area is 57.4 Å². The summed E-state index contributed by atoms with van der Waals surface area (Å²) >= 11 is 0. The van der Waals surface area contributed by atoms with Crippen molar-refractivity contribution in [2.24, 2.45) is 0 Å². The van der Waals surface area contributed by atoms with Crippen LogP contribution in [0.1, 0.15) is 19.8 Å². The summed E-state index contributed by atoms with van der Waals surface area (Å²) < 4.78 is 0. The van der Waals surface area contributed by atoms with Gasteiger partial charge in [0.25, 0.3) is 0 Å². The molecule has 0 atom stereocenters. The monoisotopic (exact) mass is 128 g/mol. The lowest BCUT2D eigenvalue weighted by molar-refractivity contribution is 0.403. The van der Waals surface area contributed by atoms with Crippen molar-refractivity contribution in [2.45, 2.75) is 19.8 Å². The maximum Gasteiger partial charge on any atom is 0.00587 e. The molecular formula is C7H16N2. The zero-order chi connectivity index (χ0) is 7.28. The fourth-order valence-corrected chi connectivity index (χ4v) is 0.660. The van der Waals surface area contributed by atoms with Crippen molar-refractivity contribution in [3.63, 3.8) is 0 Å². The quantitative estimate of drug-likeness (QED) is 0.569. The Bertz CT molecular complexity index is 86.9. The van der Waals surface area contributed by atoms with E-state index in [4.69, 9.17) is 5.41 Å². The summed E-state index contributed by atoms with van der Waals surface area (Å²) in [6, 6.07) is 0. The molecule has 1 N–H and O–H groups in total. The third-order valence-electron chi connectivity index (χ3n) is 1.16. The maximum atomic E-state index is 7.12. The summed E-state index contributed by atoms with van der Waals surface area (Å²) in [5.41, 5.74) is 0.789. The lowest BCUT2D eigenvalue weighted by Crippen LogP contribution is -2.13. The van der Waals surface area contributed by atoms with E-state index in [1.54, 1.807) is 0 Å². The second-order valence-corrected chi connectivity index (χ2v) is 2.69. The molecular weight excluding hydrogens is 112 g/mol. The van der Waals surface area contributed by atoms with Gasteiger partial charge in [-0.05, 0) is 40.4 Å². The van der Waals surface area contributed by atoms with Gasteiger partial charge in [0, 0.05) is 5.71 Å². The normalized spacial score (nSPS) is 10.2. The second kappa shape index (κ2) is 4.50. The van der Waals surface area contributed by atoms with E-state index in [9.17, 15) is 0 Å². The van der Waals surface area contributed by atoms with Gasteiger partial charge in [0.15, 0.2) is 0 Å². The molecule has 0 rings (SSSR count). The van der Waals surface area contributed by atoms with E-state index >= 15 is 0 Å². The van der Waals surface area contributed by atoms with Crippen LogP contribution in [-0.4, -0.2) is 31.3 Å². The van der Waals surface area contributed by atoms with Gasteiger partial charge in [0.05, 0.1) is 0 Å². The number of hydrogen-bond donors (Lipinski definition) is 1. The molecule has 0 bridgehead atoms. The molecule has 0 fully saturated rings. The van der Waals surface area contributed by atoms with Crippen molar-refractivity contribution in [2.75, 3.05) is 20.6 Å². The van der Waals surface area contributed by atoms with E-state index in [-0.39, 0.29) is 0 Å². The predicted molar refractivity (Wildman–Crippen MR) is 41.2 cm³/mol. The van der Waals surface area contributed by atoms with E-state index in [1.807, 2.05) is 6.92 Å². The molecule has 0 aromatic heterocycles. The number of rotatable bonds is 4. The molecule has 0 aromatic rings. The molecule has 54 valence electrons. The van der Waals surface area contributed by atoms with Crippen LogP contribution in [-0.2, 0) is 0 Å². The number of nitrogens with one attached hydrogen (secondary N) is 1. The first-order valence-electron chi connectivity index (χ1n) is 3.31. The highest BCUT2D eigenvalue weighted by Crippen LogP contribution is 1.90. The zero-order valence-corrected chi connectivity index (χ0v) is 6.57. The summed E-state index contributed by atoms with van der Waals surface area (Å²) in [5.74, 6) is 0. The largest absolute Gasteiger partial charge is 0.310 e. The van der Waals surface area contributed by atoms with E-state index in [2.05, 4.69) is 19.0 Å². The first-order valence-corrected chi connectivity index (χ1v) is 3.31. The van der Waals surface area contributed by atoms with Crippen LogP contribution < -0.4 is 0 Å². The fraction of sp³-hybridized carbons (Fsp3) is 0.857. The van der Waals surface area contributed by atoms with Crippen molar-refractivity contribution in [1.82, 2.24) is 4.90 Å². The van der Waals surface area contributed by atoms with E-state index in [0.717, 1.165) is 25.1 Å². The first-order chi connectivity index (χ1) is 4.13. The summed E-state index contributed by atoms with van der Waals surface area (Å²) in [7, 11) is 4.11. The number of nitrogens with zero attached hydrogens (tertiary/aromatic N) is 1. The molecule has 2 nitrogen and oxygen atoms in total. The molecule has 0 heterocycles. The number of hydrogen-bond acceptors (Lipinski definition) is 2. The van der Waals surface area contributed by atoms with Crippen LogP contribution in [0.3, 0.4) is 0 Å². The van der Waals surface area contributed by atoms with Crippen LogP contribution in [0.15, 0.2) is 0 Å². The molecule has 9 heavy (non-hydrogen) atoms. The average molecular weight is 128 g/mol. The predicted octanol–water partition coefficient (Wildman–Crippen LogP) is 1.37. The van der Waals surface area contributed by atoms with Crippen molar-refractivity contribution in [1.29, 1.82) is 5.41 Å². The zero-order valence-electron chi connectivity index (χ0n) is 6.57. The van der Waals surface area contributed by atoms with Crippen LogP contribution >= 0.6 is 0 Å². The molecule has 0 aliphatic carbocycles. The fourth-order valence-electron chi connectivity index (χ4n) is 0.660. The Kier molecular flexibility index (Phi) is 4.32. The van der Waals surface area contributed by atoms with Crippen LogP contribution in [0, 0.1) is 5.41 Å². The van der Waals surface area contributed by atoms with E-state index in [1.165, 1.54) is 0 Å². The minimum atomic E-state index is 0.789. The Balaban J connectivity index is 3.01. The van der Waals surface area contributed by atoms with Crippen molar-refractivity contribution in [3.05, 3.63) is 0 Å². The van der Waals surface area contributed by atoms with Crippen LogP contribution in [0.5, 0.6) is 0 Å². The van der Waals surface area contributed by atoms with Crippen LogP contribution in [0.4, 0.5) is 0 Å². The average Bonchev–Trinajstić information content (AvgIpc) is 1.63. The van der Waals surface area contributed by atoms with Gasteiger partial charge in [-0.1, -0.05) is 0 Å². The molecule has 0 saturated carbocycles. The Hall–Kier alpha value is -0.370. The molecule has 0 amide bonds. The SMILES string of the molecule is CC(=N)CCCN(C)C. The highest BCUT2D eigenvalue weighted by Gasteiger charge is 1.90. The van der Waals surface area contributed by atoms with E-state index < -0.39 is 0 Å². The maximum absolute atomic E-state index is 7.12. The molecule has 0 aliphatic heterocycles. The minimum Gasteiger partial charge on any atom is -0.310 e. The molecule has 2 heteroatoms. The van der Waals surface area contributed by atoms with Crippen LogP contribution in [0.2, 0.25) is 0 Å².